The van der Waals surface area contributed by atoms with Crippen molar-refractivity contribution in [2.45, 2.75) is 12.5 Å². The highest BCUT2D eigenvalue weighted by molar-refractivity contribution is 5.94. The molecule has 1 aliphatic rings. The molecular formula is C16H15FN2O. The zero-order valence-electron chi connectivity index (χ0n) is 10.9. The molecule has 1 aliphatic heterocycles. The molecule has 1 atom stereocenters. The van der Waals surface area contributed by atoms with E-state index in [0.29, 0.717) is 12.1 Å². The van der Waals surface area contributed by atoms with E-state index >= 15 is 0 Å². The van der Waals surface area contributed by atoms with Gasteiger partial charge in [0.15, 0.2) is 0 Å². The van der Waals surface area contributed by atoms with Gasteiger partial charge in [-0.1, -0.05) is 24.3 Å². The Balaban J connectivity index is 1.69. The predicted octanol–water partition coefficient (Wildman–Crippen LogP) is 2.59. The minimum Gasteiger partial charge on any atom is -0.383 e. The first kappa shape index (κ1) is 12.7. The number of anilines is 1. The van der Waals surface area contributed by atoms with Crippen molar-refractivity contribution in [1.29, 1.82) is 0 Å². The van der Waals surface area contributed by atoms with E-state index in [0.717, 1.165) is 12.1 Å². The molecule has 20 heavy (non-hydrogen) atoms. The SMILES string of the molecule is O=C(NC1CNc2ccccc2C1)c1cccc(F)c1. The number of nitrogens with one attached hydrogen (secondary N) is 2. The lowest BCUT2D eigenvalue weighted by Crippen LogP contribution is -2.43. The van der Waals surface area contributed by atoms with Crippen LogP contribution in [0.5, 0.6) is 0 Å². The summed E-state index contributed by atoms with van der Waals surface area (Å²) in [4.78, 5) is 12.1. The van der Waals surface area contributed by atoms with Gasteiger partial charge < -0.3 is 10.6 Å². The lowest BCUT2D eigenvalue weighted by molar-refractivity contribution is 0.0938. The number of amides is 1. The topological polar surface area (TPSA) is 41.1 Å². The molecule has 0 spiro atoms. The van der Waals surface area contributed by atoms with Gasteiger partial charge in [0.05, 0.1) is 6.04 Å². The molecule has 3 nitrogen and oxygen atoms in total. The molecule has 0 radical (unpaired) electrons. The van der Waals surface area contributed by atoms with Gasteiger partial charge in [0.25, 0.3) is 5.91 Å². The largest absolute Gasteiger partial charge is 0.383 e. The van der Waals surface area contributed by atoms with Crippen molar-refractivity contribution in [2.75, 3.05) is 11.9 Å². The van der Waals surface area contributed by atoms with Gasteiger partial charge in [-0.25, -0.2) is 4.39 Å². The third kappa shape index (κ3) is 2.64. The predicted molar refractivity (Wildman–Crippen MR) is 76.3 cm³/mol. The van der Waals surface area contributed by atoms with Crippen molar-refractivity contribution < 1.29 is 9.18 Å². The smallest absolute Gasteiger partial charge is 0.251 e. The van der Waals surface area contributed by atoms with E-state index in [1.54, 1.807) is 12.1 Å². The molecule has 0 bridgehead atoms. The molecule has 2 aromatic rings. The maximum absolute atomic E-state index is 13.1. The van der Waals surface area contributed by atoms with Gasteiger partial charge >= 0.3 is 0 Å². The van der Waals surface area contributed by atoms with Crippen molar-refractivity contribution in [2.24, 2.45) is 0 Å². The molecular weight excluding hydrogens is 255 g/mol. The fourth-order valence-corrected chi connectivity index (χ4v) is 2.44. The number of carbonyl (C=O) groups is 1. The minimum atomic E-state index is -0.398. The average Bonchev–Trinajstić information content (AvgIpc) is 2.47. The van der Waals surface area contributed by atoms with E-state index in [4.69, 9.17) is 0 Å². The quantitative estimate of drug-likeness (QED) is 0.880. The second-order valence-electron chi connectivity index (χ2n) is 4.92. The van der Waals surface area contributed by atoms with Crippen LogP contribution in [0.25, 0.3) is 0 Å². The molecule has 102 valence electrons. The molecule has 0 aliphatic carbocycles. The number of para-hydroxylation sites is 1. The Morgan fingerprint density at radius 1 is 1.20 bits per heavy atom. The number of halogens is 1. The first-order valence-electron chi connectivity index (χ1n) is 6.60. The summed E-state index contributed by atoms with van der Waals surface area (Å²) in [6, 6.07) is 13.8. The standard InChI is InChI=1S/C16H15FN2O/c17-13-6-3-5-12(8-13)16(20)19-14-9-11-4-1-2-7-15(11)18-10-14/h1-8,14,18H,9-10H2,(H,19,20). The normalized spacial score (nSPS) is 16.9. The van der Waals surface area contributed by atoms with Crippen LogP contribution in [-0.4, -0.2) is 18.5 Å². The number of fused-ring (bicyclic) bond motifs is 1. The first-order chi connectivity index (χ1) is 9.72. The van der Waals surface area contributed by atoms with Gasteiger partial charge in [-0.3, -0.25) is 4.79 Å². The van der Waals surface area contributed by atoms with Crippen LogP contribution in [-0.2, 0) is 6.42 Å². The van der Waals surface area contributed by atoms with Gasteiger partial charge in [0, 0.05) is 17.8 Å². The van der Waals surface area contributed by atoms with Gasteiger partial charge in [0.1, 0.15) is 5.82 Å². The third-order valence-electron chi connectivity index (χ3n) is 3.44. The molecule has 1 unspecified atom stereocenters. The first-order valence-corrected chi connectivity index (χ1v) is 6.60. The van der Waals surface area contributed by atoms with Crippen LogP contribution >= 0.6 is 0 Å². The van der Waals surface area contributed by atoms with E-state index in [9.17, 15) is 9.18 Å². The summed E-state index contributed by atoms with van der Waals surface area (Å²) in [6.07, 6.45) is 0.782. The van der Waals surface area contributed by atoms with Gasteiger partial charge in [-0.15, -0.1) is 0 Å². The fourth-order valence-electron chi connectivity index (χ4n) is 2.44. The minimum absolute atomic E-state index is 0.0145. The molecule has 4 heteroatoms. The zero-order chi connectivity index (χ0) is 13.9. The Morgan fingerprint density at radius 2 is 2.05 bits per heavy atom. The summed E-state index contributed by atoms with van der Waals surface area (Å²) < 4.78 is 13.1. The van der Waals surface area contributed by atoms with E-state index < -0.39 is 5.82 Å². The van der Waals surface area contributed by atoms with Crippen LogP contribution in [0.1, 0.15) is 15.9 Å². The van der Waals surface area contributed by atoms with Crippen molar-refractivity contribution in [3.05, 3.63) is 65.5 Å². The molecule has 0 saturated heterocycles. The highest BCUT2D eigenvalue weighted by Gasteiger charge is 2.20. The number of hydrogen-bond acceptors (Lipinski definition) is 2. The van der Waals surface area contributed by atoms with E-state index in [2.05, 4.69) is 10.6 Å². The summed E-state index contributed by atoms with van der Waals surface area (Å²) >= 11 is 0. The van der Waals surface area contributed by atoms with Crippen LogP contribution in [0.3, 0.4) is 0 Å². The van der Waals surface area contributed by atoms with Crippen LogP contribution in [0.2, 0.25) is 0 Å². The molecule has 1 amide bonds. The second-order valence-corrected chi connectivity index (χ2v) is 4.92. The monoisotopic (exact) mass is 270 g/mol. The van der Waals surface area contributed by atoms with E-state index in [-0.39, 0.29) is 11.9 Å². The number of benzene rings is 2. The maximum Gasteiger partial charge on any atom is 0.251 e. The Labute approximate surface area is 116 Å². The Hall–Kier alpha value is -2.36. The lowest BCUT2D eigenvalue weighted by atomic mass is 9.99. The Bertz CT molecular complexity index is 642. The second kappa shape index (κ2) is 5.33. The highest BCUT2D eigenvalue weighted by atomic mass is 19.1. The fraction of sp³-hybridized carbons (Fsp3) is 0.188. The number of hydrogen-bond donors (Lipinski definition) is 2. The maximum atomic E-state index is 13.1. The van der Waals surface area contributed by atoms with Gasteiger partial charge in [-0.05, 0) is 36.2 Å². The molecule has 2 aromatic carbocycles. The van der Waals surface area contributed by atoms with Gasteiger partial charge in [0.2, 0.25) is 0 Å². The summed E-state index contributed by atoms with van der Waals surface area (Å²) in [5, 5.41) is 6.23. The molecule has 3 rings (SSSR count). The van der Waals surface area contributed by atoms with E-state index in [1.807, 2.05) is 24.3 Å². The van der Waals surface area contributed by atoms with Crippen molar-refractivity contribution >= 4 is 11.6 Å². The van der Waals surface area contributed by atoms with Gasteiger partial charge in [-0.2, -0.15) is 0 Å². The van der Waals surface area contributed by atoms with Crippen LogP contribution < -0.4 is 10.6 Å². The molecule has 0 saturated carbocycles. The van der Waals surface area contributed by atoms with Crippen molar-refractivity contribution in [3.63, 3.8) is 0 Å². The molecule has 1 heterocycles. The zero-order valence-corrected chi connectivity index (χ0v) is 10.9. The van der Waals surface area contributed by atoms with E-state index in [1.165, 1.54) is 17.7 Å². The lowest BCUT2D eigenvalue weighted by Gasteiger charge is -2.26. The summed E-state index contributed by atoms with van der Waals surface area (Å²) in [5.74, 6) is -0.638. The van der Waals surface area contributed by atoms with Crippen molar-refractivity contribution in [1.82, 2.24) is 5.32 Å². The third-order valence-corrected chi connectivity index (χ3v) is 3.44. The van der Waals surface area contributed by atoms with Crippen LogP contribution in [0, 0.1) is 5.82 Å². The molecule has 0 fully saturated rings. The number of carbonyl (C=O) groups excluding carboxylic acids is 1. The summed E-state index contributed by atoms with van der Waals surface area (Å²) in [5.41, 5.74) is 2.65. The Morgan fingerprint density at radius 3 is 2.90 bits per heavy atom. The van der Waals surface area contributed by atoms with Crippen molar-refractivity contribution in [3.8, 4) is 0 Å². The highest BCUT2D eigenvalue weighted by Crippen LogP contribution is 2.21. The van der Waals surface area contributed by atoms with Crippen LogP contribution in [0.15, 0.2) is 48.5 Å². The number of rotatable bonds is 2. The summed E-state index contributed by atoms with van der Waals surface area (Å²) in [7, 11) is 0. The molecule has 0 aromatic heterocycles. The molecule has 2 N–H and O–H groups in total. The average molecular weight is 270 g/mol. The van der Waals surface area contributed by atoms with Crippen LogP contribution in [0.4, 0.5) is 10.1 Å². The Kier molecular flexibility index (Phi) is 3.37. The summed E-state index contributed by atoms with van der Waals surface area (Å²) in [6.45, 7) is 0.679.